The normalized spacial score (nSPS) is 10.8. The Balaban J connectivity index is 1.98. The Kier molecular flexibility index (Phi) is 3.48. The minimum atomic E-state index is 0.721. The number of pyridine rings is 1. The van der Waals surface area contributed by atoms with Gasteiger partial charge in [0.2, 0.25) is 0 Å². The van der Waals surface area contributed by atoms with Gasteiger partial charge in [0.05, 0.1) is 11.2 Å². The van der Waals surface area contributed by atoms with Crippen molar-refractivity contribution < 1.29 is 0 Å². The fourth-order valence-corrected chi connectivity index (χ4v) is 2.69. The summed E-state index contributed by atoms with van der Waals surface area (Å²) in [6.07, 6.45) is 1.82. The fourth-order valence-electron chi connectivity index (χ4n) is 2.69. The summed E-state index contributed by atoms with van der Waals surface area (Å²) in [7, 11) is 2.10. The second-order valence-electron chi connectivity index (χ2n) is 5.42. The maximum absolute atomic E-state index is 6.02. The van der Waals surface area contributed by atoms with Crippen molar-refractivity contribution in [1.82, 2.24) is 4.98 Å². The number of rotatable bonds is 3. The van der Waals surface area contributed by atoms with Crippen LogP contribution < -0.4 is 10.6 Å². The van der Waals surface area contributed by atoms with Crippen LogP contribution in [-0.4, -0.2) is 12.0 Å². The highest BCUT2D eigenvalue weighted by Gasteiger charge is 2.09. The van der Waals surface area contributed by atoms with Crippen molar-refractivity contribution in [3.05, 3.63) is 65.9 Å². The molecule has 0 aliphatic rings. The lowest BCUT2D eigenvalue weighted by molar-refractivity contribution is 0.925. The lowest BCUT2D eigenvalue weighted by atomic mass is 10.1. The highest BCUT2D eigenvalue weighted by molar-refractivity contribution is 5.97. The lowest BCUT2D eigenvalue weighted by Gasteiger charge is -2.21. The molecule has 2 N–H and O–H groups in total. The number of nitrogens with two attached hydrogens (primary N) is 1. The van der Waals surface area contributed by atoms with Gasteiger partial charge >= 0.3 is 0 Å². The van der Waals surface area contributed by atoms with Gasteiger partial charge in [-0.15, -0.1) is 0 Å². The summed E-state index contributed by atoms with van der Waals surface area (Å²) in [5.41, 5.74) is 11.3. The van der Waals surface area contributed by atoms with Gasteiger partial charge in [-0.1, -0.05) is 42.0 Å². The molecule has 3 nitrogen and oxygen atoms in total. The molecule has 0 aliphatic carbocycles. The quantitative estimate of drug-likeness (QED) is 0.741. The Labute approximate surface area is 125 Å². The fraction of sp³-hybridized carbons (Fsp3) is 0.167. The van der Waals surface area contributed by atoms with E-state index in [4.69, 9.17) is 5.73 Å². The summed E-state index contributed by atoms with van der Waals surface area (Å²) < 4.78 is 0. The van der Waals surface area contributed by atoms with E-state index < -0.39 is 0 Å². The number of nitrogen functional groups attached to an aromatic ring is 1. The molecule has 21 heavy (non-hydrogen) atoms. The summed E-state index contributed by atoms with van der Waals surface area (Å²) in [5, 5.41) is 1.09. The van der Waals surface area contributed by atoms with Crippen molar-refractivity contribution in [2.24, 2.45) is 0 Å². The van der Waals surface area contributed by atoms with E-state index in [1.165, 1.54) is 11.1 Å². The Morgan fingerprint density at radius 2 is 1.90 bits per heavy atom. The van der Waals surface area contributed by atoms with Gasteiger partial charge in [-0.25, -0.2) is 0 Å². The predicted octanol–water partition coefficient (Wildman–Crippen LogP) is 3.76. The van der Waals surface area contributed by atoms with E-state index in [1.807, 2.05) is 24.4 Å². The van der Waals surface area contributed by atoms with E-state index >= 15 is 0 Å². The van der Waals surface area contributed by atoms with E-state index in [2.05, 4.69) is 54.2 Å². The number of aromatic nitrogens is 1. The van der Waals surface area contributed by atoms with Crippen LogP contribution in [0.1, 0.15) is 11.1 Å². The third-order valence-corrected chi connectivity index (χ3v) is 3.69. The molecular formula is C18H19N3. The molecule has 3 aromatic rings. The lowest BCUT2D eigenvalue weighted by Crippen LogP contribution is -2.17. The van der Waals surface area contributed by atoms with E-state index in [1.54, 1.807) is 0 Å². The van der Waals surface area contributed by atoms with Crippen molar-refractivity contribution >= 4 is 22.3 Å². The van der Waals surface area contributed by atoms with Crippen molar-refractivity contribution in [3.8, 4) is 0 Å². The van der Waals surface area contributed by atoms with Gasteiger partial charge in [0.15, 0.2) is 0 Å². The van der Waals surface area contributed by atoms with Gasteiger partial charge in [0, 0.05) is 30.9 Å². The molecule has 0 aliphatic heterocycles. The average Bonchev–Trinajstić information content (AvgIpc) is 2.47. The molecular weight excluding hydrogens is 258 g/mol. The predicted molar refractivity (Wildman–Crippen MR) is 89.4 cm³/mol. The molecule has 0 unspecified atom stereocenters. The van der Waals surface area contributed by atoms with Crippen LogP contribution in [0.3, 0.4) is 0 Å². The summed E-state index contributed by atoms with van der Waals surface area (Å²) in [6, 6.07) is 16.6. The number of benzene rings is 2. The van der Waals surface area contributed by atoms with Crippen LogP contribution in [0.15, 0.2) is 54.7 Å². The number of anilines is 2. The first-order chi connectivity index (χ1) is 10.1. The average molecular weight is 277 g/mol. The van der Waals surface area contributed by atoms with Gasteiger partial charge in [-0.05, 0) is 24.6 Å². The van der Waals surface area contributed by atoms with E-state index in [0.29, 0.717) is 0 Å². The van der Waals surface area contributed by atoms with Gasteiger partial charge in [-0.3, -0.25) is 4.98 Å². The SMILES string of the molecule is Cc1cccc(CN(C)c2ccnc3c(N)cccc23)c1. The van der Waals surface area contributed by atoms with E-state index in [-0.39, 0.29) is 0 Å². The summed E-state index contributed by atoms with van der Waals surface area (Å²) in [4.78, 5) is 6.63. The standard InChI is InChI=1S/C18H19N3/c1-13-5-3-6-14(11-13)12-21(2)17-9-10-20-18-15(17)7-4-8-16(18)19/h3-11H,12,19H2,1-2H3. The molecule has 0 radical (unpaired) electrons. The molecule has 1 heterocycles. The highest BCUT2D eigenvalue weighted by Crippen LogP contribution is 2.28. The molecule has 0 atom stereocenters. The van der Waals surface area contributed by atoms with Crippen LogP contribution in [0.25, 0.3) is 10.9 Å². The molecule has 0 bridgehead atoms. The number of para-hydroxylation sites is 1. The van der Waals surface area contributed by atoms with Crippen molar-refractivity contribution in [2.45, 2.75) is 13.5 Å². The number of fused-ring (bicyclic) bond motifs is 1. The summed E-state index contributed by atoms with van der Waals surface area (Å²) in [5.74, 6) is 0. The Morgan fingerprint density at radius 1 is 1.10 bits per heavy atom. The zero-order valence-corrected chi connectivity index (χ0v) is 12.4. The van der Waals surface area contributed by atoms with Crippen LogP contribution in [0, 0.1) is 6.92 Å². The zero-order chi connectivity index (χ0) is 14.8. The molecule has 2 aromatic carbocycles. The molecule has 3 rings (SSSR count). The van der Waals surface area contributed by atoms with E-state index in [9.17, 15) is 0 Å². The van der Waals surface area contributed by atoms with Crippen molar-refractivity contribution in [3.63, 3.8) is 0 Å². The van der Waals surface area contributed by atoms with Gasteiger partial charge in [0.1, 0.15) is 0 Å². The number of hydrogen-bond donors (Lipinski definition) is 1. The Morgan fingerprint density at radius 3 is 2.71 bits per heavy atom. The molecule has 1 aromatic heterocycles. The Hall–Kier alpha value is -2.55. The number of aryl methyl sites for hydroxylation is 1. The van der Waals surface area contributed by atoms with Gasteiger partial charge in [0.25, 0.3) is 0 Å². The Bertz CT molecular complexity index is 780. The van der Waals surface area contributed by atoms with Crippen LogP contribution >= 0.6 is 0 Å². The van der Waals surface area contributed by atoms with Crippen LogP contribution in [0.4, 0.5) is 11.4 Å². The van der Waals surface area contributed by atoms with Crippen molar-refractivity contribution in [2.75, 3.05) is 17.7 Å². The molecule has 0 amide bonds. The molecule has 106 valence electrons. The first-order valence-corrected chi connectivity index (χ1v) is 7.05. The third kappa shape index (κ3) is 2.68. The number of hydrogen-bond acceptors (Lipinski definition) is 3. The second-order valence-corrected chi connectivity index (χ2v) is 5.42. The maximum Gasteiger partial charge on any atom is 0.0951 e. The monoisotopic (exact) mass is 277 g/mol. The van der Waals surface area contributed by atoms with Crippen LogP contribution in [0.2, 0.25) is 0 Å². The molecule has 3 heteroatoms. The summed E-state index contributed by atoms with van der Waals surface area (Å²) in [6.45, 7) is 2.97. The zero-order valence-electron chi connectivity index (χ0n) is 12.4. The van der Waals surface area contributed by atoms with Crippen LogP contribution in [0.5, 0.6) is 0 Å². The molecule has 0 saturated carbocycles. The van der Waals surface area contributed by atoms with E-state index in [0.717, 1.165) is 28.8 Å². The summed E-state index contributed by atoms with van der Waals surface area (Å²) >= 11 is 0. The molecule has 0 saturated heterocycles. The maximum atomic E-state index is 6.02. The number of nitrogens with zero attached hydrogens (tertiary/aromatic N) is 2. The molecule has 0 fully saturated rings. The topological polar surface area (TPSA) is 42.2 Å². The van der Waals surface area contributed by atoms with Crippen LogP contribution in [-0.2, 0) is 6.54 Å². The highest BCUT2D eigenvalue weighted by atomic mass is 15.1. The first-order valence-electron chi connectivity index (χ1n) is 7.05. The van der Waals surface area contributed by atoms with Gasteiger partial charge in [-0.2, -0.15) is 0 Å². The van der Waals surface area contributed by atoms with Gasteiger partial charge < -0.3 is 10.6 Å². The van der Waals surface area contributed by atoms with Crippen molar-refractivity contribution in [1.29, 1.82) is 0 Å². The molecule has 0 spiro atoms. The second kappa shape index (κ2) is 5.44. The minimum Gasteiger partial charge on any atom is -0.397 e. The smallest absolute Gasteiger partial charge is 0.0951 e. The largest absolute Gasteiger partial charge is 0.397 e. The first kappa shape index (κ1) is 13.4. The minimum absolute atomic E-state index is 0.721. The third-order valence-electron chi connectivity index (χ3n) is 3.69.